The third-order valence-electron chi connectivity index (χ3n) is 2.54. The summed E-state index contributed by atoms with van der Waals surface area (Å²) in [5, 5.41) is 6.47. The van der Waals surface area contributed by atoms with Crippen LogP contribution in [0.3, 0.4) is 0 Å². The summed E-state index contributed by atoms with van der Waals surface area (Å²) in [6.45, 7) is 0. The average Bonchev–Trinajstić information content (AvgIpc) is 2.89. The van der Waals surface area contributed by atoms with Crippen LogP contribution < -0.4 is 10.1 Å². The normalized spacial score (nSPS) is 10.6. The second-order valence-electron chi connectivity index (χ2n) is 3.80. The molecule has 0 radical (unpaired) electrons. The molecule has 96 valence electrons. The highest BCUT2D eigenvalue weighted by molar-refractivity contribution is 7.16. The van der Waals surface area contributed by atoms with Crippen molar-refractivity contribution in [3.05, 3.63) is 40.7 Å². The zero-order valence-electron chi connectivity index (χ0n) is 10.1. The molecule has 0 aliphatic carbocycles. The van der Waals surface area contributed by atoms with E-state index < -0.39 is 0 Å². The van der Waals surface area contributed by atoms with E-state index >= 15 is 0 Å². The van der Waals surface area contributed by atoms with Gasteiger partial charge in [-0.3, -0.25) is 0 Å². The van der Waals surface area contributed by atoms with Gasteiger partial charge in [0.15, 0.2) is 0 Å². The lowest BCUT2D eigenvalue weighted by Crippen LogP contribution is -1.98. The van der Waals surface area contributed by atoms with Gasteiger partial charge in [0.2, 0.25) is 11.8 Å². The van der Waals surface area contributed by atoms with Crippen molar-refractivity contribution in [3.8, 4) is 11.6 Å². The van der Waals surface area contributed by atoms with Crippen LogP contribution in [0.4, 0.5) is 5.95 Å². The van der Waals surface area contributed by atoms with Crippen LogP contribution in [0.1, 0.15) is 0 Å². The van der Waals surface area contributed by atoms with Crippen molar-refractivity contribution in [1.82, 2.24) is 9.97 Å². The summed E-state index contributed by atoms with van der Waals surface area (Å²) in [4.78, 5) is 9.60. The van der Waals surface area contributed by atoms with Crippen LogP contribution in [0.25, 0.3) is 10.2 Å². The first-order valence-corrected chi connectivity index (χ1v) is 6.88. The number of aromatic nitrogens is 2. The third-order valence-corrected chi connectivity index (χ3v) is 3.60. The number of nitrogens with zero attached hydrogens (tertiary/aromatic N) is 2. The molecule has 0 spiro atoms. The standard InChI is InChI=1S/C13H10ClN3OS/c1-15-13-16-11(10-6-7-19-12(10)17-13)18-9-4-2-8(14)3-5-9/h2-7H,1H3,(H,15,16,17). The summed E-state index contributed by atoms with van der Waals surface area (Å²) >= 11 is 7.40. The van der Waals surface area contributed by atoms with Crippen molar-refractivity contribution in [3.63, 3.8) is 0 Å². The van der Waals surface area contributed by atoms with Gasteiger partial charge >= 0.3 is 0 Å². The monoisotopic (exact) mass is 291 g/mol. The van der Waals surface area contributed by atoms with E-state index in [2.05, 4.69) is 15.3 Å². The number of ether oxygens (including phenoxy) is 1. The Labute approximate surface area is 119 Å². The Bertz CT molecular complexity index is 711. The molecule has 0 atom stereocenters. The quantitative estimate of drug-likeness (QED) is 0.786. The molecule has 19 heavy (non-hydrogen) atoms. The molecule has 2 aromatic heterocycles. The number of rotatable bonds is 3. The van der Waals surface area contributed by atoms with Crippen LogP contribution in [0.5, 0.6) is 11.6 Å². The van der Waals surface area contributed by atoms with Gasteiger partial charge in [-0.05, 0) is 35.7 Å². The maximum Gasteiger partial charge on any atom is 0.232 e. The fraction of sp³-hybridized carbons (Fsp3) is 0.0769. The first-order chi connectivity index (χ1) is 9.26. The maximum atomic E-state index is 5.85. The van der Waals surface area contributed by atoms with Gasteiger partial charge in [-0.2, -0.15) is 4.98 Å². The smallest absolute Gasteiger partial charge is 0.232 e. The van der Waals surface area contributed by atoms with Crippen LogP contribution in [-0.2, 0) is 0 Å². The van der Waals surface area contributed by atoms with Gasteiger partial charge in [0.25, 0.3) is 0 Å². The van der Waals surface area contributed by atoms with Crippen molar-refractivity contribution in [2.45, 2.75) is 0 Å². The minimum atomic E-state index is 0.540. The van der Waals surface area contributed by atoms with Gasteiger partial charge < -0.3 is 10.1 Å². The number of fused-ring (bicyclic) bond motifs is 1. The maximum absolute atomic E-state index is 5.85. The molecule has 0 saturated carbocycles. The highest BCUT2D eigenvalue weighted by Crippen LogP contribution is 2.31. The summed E-state index contributed by atoms with van der Waals surface area (Å²) in [6.07, 6.45) is 0. The first-order valence-electron chi connectivity index (χ1n) is 5.62. The number of anilines is 1. The van der Waals surface area contributed by atoms with Crippen molar-refractivity contribution in [2.75, 3.05) is 12.4 Å². The lowest BCUT2D eigenvalue weighted by atomic mass is 10.3. The van der Waals surface area contributed by atoms with E-state index in [0.29, 0.717) is 22.6 Å². The molecule has 0 fully saturated rings. The molecule has 0 saturated heterocycles. The van der Waals surface area contributed by atoms with E-state index in [4.69, 9.17) is 16.3 Å². The van der Waals surface area contributed by atoms with E-state index in [9.17, 15) is 0 Å². The van der Waals surface area contributed by atoms with Gasteiger partial charge in [0, 0.05) is 12.1 Å². The molecule has 2 heterocycles. The molecule has 4 nitrogen and oxygen atoms in total. The van der Waals surface area contributed by atoms with Crippen molar-refractivity contribution >= 4 is 39.1 Å². The zero-order chi connectivity index (χ0) is 13.2. The zero-order valence-corrected chi connectivity index (χ0v) is 11.6. The second-order valence-corrected chi connectivity index (χ2v) is 5.13. The topological polar surface area (TPSA) is 47.0 Å². The molecule has 1 aromatic carbocycles. The van der Waals surface area contributed by atoms with E-state index in [1.807, 2.05) is 23.6 Å². The summed E-state index contributed by atoms with van der Waals surface area (Å²) < 4.78 is 5.80. The Balaban J connectivity index is 2.03. The highest BCUT2D eigenvalue weighted by atomic mass is 35.5. The van der Waals surface area contributed by atoms with Crippen LogP contribution >= 0.6 is 22.9 Å². The van der Waals surface area contributed by atoms with Crippen LogP contribution in [0.15, 0.2) is 35.7 Å². The second kappa shape index (κ2) is 5.03. The molecule has 1 N–H and O–H groups in total. The molecular weight excluding hydrogens is 282 g/mol. The van der Waals surface area contributed by atoms with Crippen LogP contribution in [0.2, 0.25) is 5.02 Å². The van der Waals surface area contributed by atoms with Gasteiger partial charge in [-0.1, -0.05) is 11.6 Å². The van der Waals surface area contributed by atoms with Gasteiger partial charge in [-0.25, -0.2) is 4.98 Å². The molecule has 3 aromatic rings. The summed E-state index contributed by atoms with van der Waals surface area (Å²) in [5.74, 6) is 1.77. The van der Waals surface area contributed by atoms with Crippen molar-refractivity contribution in [1.29, 1.82) is 0 Å². The van der Waals surface area contributed by atoms with E-state index in [0.717, 1.165) is 10.2 Å². The molecule has 0 unspecified atom stereocenters. The molecule has 0 aliphatic heterocycles. The molecule has 0 amide bonds. The predicted octanol–water partition coefficient (Wildman–Crippen LogP) is 4.18. The number of thiophene rings is 1. The number of halogens is 1. The van der Waals surface area contributed by atoms with Crippen molar-refractivity contribution < 1.29 is 4.74 Å². The number of hydrogen-bond acceptors (Lipinski definition) is 5. The Kier molecular flexibility index (Phi) is 3.23. The van der Waals surface area contributed by atoms with Gasteiger partial charge in [0.1, 0.15) is 10.6 Å². The Morgan fingerprint density at radius 1 is 1.16 bits per heavy atom. The largest absolute Gasteiger partial charge is 0.438 e. The molecule has 3 rings (SSSR count). The predicted molar refractivity (Wildman–Crippen MR) is 78.5 cm³/mol. The highest BCUT2D eigenvalue weighted by Gasteiger charge is 2.10. The molecule has 0 bridgehead atoms. The Hall–Kier alpha value is -1.85. The third kappa shape index (κ3) is 2.47. The van der Waals surface area contributed by atoms with E-state index in [1.54, 1.807) is 30.5 Å². The van der Waals surface area contributed by atoms with Crippen molar-refractivity contribution in [2.24, 2.45) is 0 Å². The average molecular weight is 292 g/mol. The minimum absolute atomic E-state index is 0.540. The van der Waals surface area contributed by atoms with Gasteiger partial charge in [0.05, 0.1) is 5.39 Å². The lowest BCUT2D eigenvalue weighted by Gasteiger charge is -2.07. The lowest BCUT2D eigenvalue weighted by molar-refractivity contribution is 0.469. The first kappa shape index (κ1) is 12.2. The SMILES string of the molecule is CNc1nc(Oc2ccc(Cl)cc2)c2ccsc2n1. The fourth-order valence-corrected chi connectivity index (χ4v) is 2.51. The molecule has 6 heteroatoms. The Morgan fingerprint density at radius 3 is 2.68 bits per heavy atom. The van der Waals surface area contributed by atoms with E-state index in [1.165, 1.54) is 0 Å². The number of hydrogen-bond donors (Lipinski definition) is 1. The molecular formula is C13H10ClN3OS. The number of nitrogens with one attached hydrogen (secondary N) is 1. The van der Waals surface area contributed by atoms with Crippen LogP contribution in [0, 0.1) is 0 Å². The van der Waals surface area contributed by atoms with E-state index in [-0.39, 0.29) is 0 Å². The summed E-state index contributed by atoms with van der Waals surface area (Å²) in [5.41, 5.74) is 0. The summed E-state index contributed by atoms with van der Waals surface area (Å²) in [7, 11) is 1.78. The minimum Gasteiger partial charge on any atom is -0.438 e. The molecule has 0 aliphatic rings. The Morgan fingerprint density at radius 2 is 1.95 bits per heavy atom. The number of benzene rings is 1. The summed E-state index contributed by atoms with van der Waals surface area (Å²) in [6, 6.07) is 9.12. The van der Waals surface area contributed by atoms with Crippen LogP contribution in [-0.4, -0.2) is 17.0 Å². The van der Waals surface area contributed by atoms with Gasteiger partial charge in [-0.15, -0.1) is 11.3 Å². The fourth-order valence-electron chi connectivity index (χ4n) is 1.63.